The molecule has 1 aromatic heterocycles. The molecule has 33 heavy (non-hydrogen) atoms. The van der Waals surface area contributed by atoms with Crippen molar-refractivity contribution >= 4 is 21.6 Å². The predicted octanol–water partition coefficient (Wildman–Crippen LogP) is 3.67. The molecular weight excluding hydrogens is 440 g/mol. The highest BCUT2D eigenvalue weighted by atomic mass is 32.2. The minimum atomic E-state index is -4.03. The first-order valence-electron chi connectivity index (χ1n) is 10.7. The summed E-state index contributed by atoms with van der Waals surface area (Å²) in [5.41, 5.74) is 3.15. The van der Waals surface area contributed by atoms with Crippen LogP contribution in [0.2, 0.25) is 0 Å². The number of ether oxygens (including phenoxy) is 1. The second-order valence-electron chi connectivity index (χ2n) is 8.15. The molecule has 3 rings (SSSR count). The molecule has 176 valence electrons. The van der Waals surface area contributed by atoms with Gasteiger partial charge >= 0.3 is 0 Å². The van der Waals surface area contributed by atoms with Crippen LogP contribution in [0.3, 0.4) is 0 Å². The van der Waals surface area contributed by atoms with Gasteiger partial charge in [-0.3, -0.25) is 14.2 Å². The maximum Gasteiger partial charge on any atom is 0.268 e. The van der Waals surface area contributed by atoms with Gasteiger partial charge in [0.25, 0.3) is 10.0 Å². The standard InChI is InChI=1S/C24H30N4O4S/c1-16(2)20-8-10-21(11-9-20)28(33(30,31)24-17(3)26-27-18(24)4)15-23(29)25-14-19-6-12-22(32-5)13-7-19/h6-13,16H,14-15H2,1-5H3,(H,25,29)(H,26,27). The fourth-order valence-corrected chi connectivity index (χ4v) is 5.26. The van der Waals surface area contributed by atoms with Gasteiger partial charge < -0.3 is 10.1 Å². The van der Waals surface area contributed by atoms with Crippen LogP contribution in [0, 0.1) is 13.8 Å². The number of sulfonamides is 1. The summed E-state index contributed by atoms with van der Waals surface area (Å²) in [4.78, 5) is 12.9. The van der Waals surface area contributed by atoms with Crippen molar-refractivity contribution in [2.75, 3.05) is 18.0 Å². The molecule has 0 radical (unpaired) electrons. The van der Waals surface area contributed by atoms with E-state index in [1.807, 2.05) is 24.3 Å². The van der Waals surface area contributed by atoms with E-state index in [0.29, 0.717) is 23.0 Å². The monoisotopic (exact) mass is 470 g/mol. The molecule has 0 unspecified atom stereocenters. The molecule has 9 heteroatoms. The number of aromatic nitrogens is 2. The number of methoxy groups -OCH3 is 1. The zero-order valence-corrected chi connectivity index (χ0v) is 20.4. The average Bonchev–Trinajstić information content (AvgIpc) is 3.15. The van der Waals surface area contributed by atoms with Crippen molar-refractivity contribution in [2.24, 2.45) is 0 Å². The second-order valence-corrected chi connectivity index (χ2v) is 9.95. The third-order valence-corrected chi connectivity index (χ3v) is 7.43. The Bertz CT molecular complexity index is 1180. The Balaban J connectivity index is 1.87. The van der Waals surface area contributed by atoms with E-state index in [-0.39, 0.29) is 18.0 Å². The Morgan fingerprint density at radius 3 is 2.24 bits per heavy atom. The number of carbonyl (C=O) groups excluding carboxylic acids is 1. The molecule has 2 N–H and O–H groups in total. The van der Waals surface area contributed by atoms with Crippen molar-refractivity contribution in [1.82, 2.24) is 15.5 Å². The topological polar surface area (TPSA) is 104 Å². The number of rotatable bonds is 9. The Labute approximate surface area is 195 Å². The van der Waals surface area contributed by atoms with Crippen LogP contribution in [0.25, 0.3) is 0 Å². The molecule has 0 fully saturated rings. The van der Waals surface area contributed by atoms with Crippen LogP contribution >= 0.6 is 0 Å². The van der Waals surface area contributed by atoms with Crippen molar-refractivity contribution in [3.05, 3.63) is 71.0 Å². The molecule has 0 spiro atoms. The third-order valence-electron chi connectivity index (χ3n) is 5.39. The highest BCUT2D eigenvalue weighted by molar-refractivity contribution is 7.93. The van der Waals surface area contributed by atoms with Gasteiger partial charge in [-0.2, -0.15) is 5.10 Å². The molecule has 2 aromatic carbocycles. The fraction of sp³-hybridized carbons (Fsp3) is 0.333. The Hall–Kier alpha value is -3.33. The second kappa shape index (κ2) is 10.1. The summed E-state index contributed by atoms with van der Waals surface area (Å²) in [6.07, 6.45) is 0. The number of amides is 1. The molecular formula is C24H30N4O4S. The van der Waals surface area contributed by atoms with E-state index >= 15 is 0 Å². The van der Waals surface area contributed by atoms with Crippen LogP contribution in [-0.2, 0) is 21.4 Å². The van der Waals surface area contributed by atoms with E-state index in [9.17, 15) is 13.2 Å². The van der Waals surface area contributed by atoms with Crippen LogP contribution in [-0.4, -0.2) is 38.2 Å². The summed E-state index contributed by atoms with van der Waals surface area (Å²) < 4.78 is 33.5. The molecule has 0 atom stereocenters. The number of hydrogen-bond acceptors (Lipinski definition) is 5. The number of nitrogens with zero attached hydrogens (tertiary/aromatic N) is 2. The first kappa shape index (κ1) is 24.3. The molecule has 1 heterocycles. The van der Waals surface area contributed by atoms with E-state index in [2.05, 4.69) is 29.4 Å². The summed E-state index contributed by atoms with van der Waals surface area (Å²) in [6, 6.07) is 14.5. The highest BCUT2D eigenvalue weighted by Gasteiger charge is 2.31. The van der Waals surface area contributed by atoms with Crippen molar-refractivity contribution in [3.8, 4) is 5.75 Å². The van der Waals surface area contributed by atoms with Gasteiger partial charge in [0, 0.05) is 6.54 Å². The lowest BCUT2D eigenvalue weighted by Gasteiger charge is -2.24. The fourth-order valence-electron chi connectivity index (χ4n) is 3.50. The molecule has 0 saturated heterocycles. The molecule has 1 amide bonds. The summed E-state index contributed by atoms with van der Waals surface area (Å²) in [7, 11) is -2.44. The van der Waals surface area contributed by atoms with Gasteiger partial charge in [-0.1, -0.05) is 38.1 Å². The lowest BCUT2D eigenvalue weighted by molar-refractivity contribution is -0.119. The number of benzene rings is 2. The quantitative estimate of drug-likeness (QED) is 0.497. The third kappa shape index (κ3) is 5.54. The van der Waals surface area contributed by atoms with Gasteiger partial charge in [-0.05, 0) is 55.2 Å². The van der Waals surface area contributed by atoms with Crippen LogP contribution in [0.5, 0.6) is 5.75 Å². The van der Waals surface area contributed by atoms with Crippen molar-refractivity contribution < 1.29 is 17.9 Å². The van der Waals surface area contributed by atoms with Gasteiger partial charge in [0.15, 0.2) is 0 Å². The van der Waals surface area contributed by atoms with Gasteiger partial charge in [0.05, 0.1) is 24.2 Å². The lowest BCUT2D eigenvalue weighted by atomic mass is 10.0. The minimum Gasteiger partial charge on any atom is -0.497 e. The zero-order chi connectivity index (χ0) is 24.2. The van der Waals surface area contributed by atoms with Crippen LogP contribution in [0.4, 0.5) is 5.69 Å². The van der Waals surface area contributed by atoms with Gasteiger partial charge in [-0.25, -0.2) is 8.42 Å². The SMILES string of the molecule is COc1ccc(CNC(=O)CN(c2ccc(C(C)C)cc2)S(=O)(=O)c2c(C)n[nH]c2C)cc1. The number of anilines is 1. The maximum absolute atomic E-state index is 13.6. The molecule has 0 bridgehead atoms. The summed E-state index contributed by atoms with van der Waals surface area (Å²) in [6.45, 7) is 7.32. The van der Waals surface area contributed by atoms with Crippen LogP contribution < -0.4 is 14.4 Å². The average molecular weight is 471 g/mol. The number of hydrogen-bond donors (Lipinski definition) is 2. The molecule has 0 aliphatic heterocycles. The number of aromatic amines is 1. The maximum atomic E-state index is 13.6. The zero-order valence-electron chi connectivity index (χ0n) is 19.5. The largest absolute Gasteiger partial charge is 0.497 e. The number of nitrogens with one attached hydrogen (secondary N) is 2. The minimum absolute atomic E-state index is 0.0818. The van der Waals surface area contributed by atoms with Gasteiger partial charge in [0.2, 0.25) is 5.91 Å². The molecule has 8 nitrogen and oxygen atoms in total. The lowest BCUT2D eigenvalue weighted by Crippen LogP contribution is -2.41. The summed E-state index contributed by atoms with van der Waals surface area (Å²) in [5.74, 6) is 0.606. The van der Waals surface area contributed by atoms with E-state index in [4.69, 9.17) is 4.74 Å². The van der Waals surface area contributed by atoms with Crippen molar-refractivity contribution in [3.63, 3.8) is 0 Å². The van der Waals surface area contributed by atoms with E-state index in [1.54, 1.807) is 45.2 Å². The van der Waals surface area contributed by atoms with E-state index in [1.165, 1.54) is 0 Å². The normalized spacial score (nSPS) is 11.5. The van der Waals surface area contributed by atoms with Gasteiger partial charge in [-0.15, -0.1) is 0 Å². The number of carbonyl (C=O) groups is 1. The van der Waals surface area contributed by atoms with E-state index < -0.39 is 15.9 Å². The first-order valence-corrected chi connectivity index (χ1v) is 12.1. The highest BCUT2D eigenvalue weighted by Crippen LogP contribution is 2.28. The predicted molar refractivity (Wildman–Crippen MR) is 128 cm³/mol. The Morgan fingerprint density at radius 2 is 1.73 bits per heavy atom. The smallest absolute Gasteiger partial charge is 0.268 e. The molecule has 0 aliphatic rings. The summed E-state index contributed by atoms with van der Waals surface area (Å²) in [5, 5.41) is 9.54. The molecule has 0 aliphatic carbocycles. The Morgan fingerprint density at radius 1 is 1.09 bits per heavy atom. The Kier molecular flexibility index (Phi) is 7.43. The number of aryl methyl sites for hydroxylation is 2. The van der Waals surface area contributed by atoms with Crippen molar-refractivity contribution in [2.45, 2.75) is 45.1 Å². The van der Waals surface area contributed by atoms with Crippen LogP contribution in [0.1, 0.15) is 42.3 Å². The summed E-state index contributed by atoms with van der Waals surface area (Å²) >= 11 is 0. The molecule has 0 saturated carbocycles. The van der Waals surface area contributed by atoms with E-state index in [0.717, 1.165) is 21.2 Å². The first-order chi connectivity index (χ1) is 15.6. The molecule has 3 aromatic rings. The van der Waals surface area contributed by atoms with Gasteiger partial charge in [0.1, 0.15) is 17.2 Å². The van der Waals surface area contributed by atoms with Crippen molar-refractivity contribution in [1.29, 1.82) is 0 Å². The number of H-pyrrole nitrogens is 1. The van der Waals surface area contributed by atoms with Crippen LogP contribution in [0.15, 0.2) is 53.4 Å².